The molecule has 2 aromatic carbocycles. The van der Waals surface area contributed by atoms with E-state index in [1.54, 1.807) is 0 Å². The second kappa shape index (κ2) is 7.53. The average Bonchev–Trinajstić information content (AvgIpc) is 3.01. The molecule has 0 bridgehead atoms. The molecule has 2 aliphatic rings. The molecule has 0 aliphatic heterocycles. The van der Waals surface area contributed by atoms with Gasteiger partial charge in [-0.1, -0.05) is 71.1 Å². The summed E-state index contributed by atoms with van der Waals surface area (Å²) in [4.78, 5) is -1.16. The minimum absolute atomic E-state index is 0. The van der Waals surface area contributed by atoms with Crippen LogP contribution < -0.4 is 0 Å². The van der Waals surface area contributed by atoms with Crippen molar-refractivity contribution in [3.8, 4) is 0 Å². The third kappa shape index (κ3) is 3.16. The molecule has 0 heterocycles. The summed E-state index contributed by atoms with van der Waals surface area (Å²) in [6, 6.07) is 16.4. The minimum Gasteiger partial charge on any atom is -0.396 e. The Kier molecular flexibility index (Phi) is 5.88. The van der Waals surface area contributed by atoms with Crippen molar-refractivity contribution in [3.63, 3.8) is 0 Å². The molecule has 0 amide bonds. The maximum absolute atomic E-state index is 9.59. The first-order valence-electron chi connectivity index (χ1n) is 8.36. The Morgan fingerprint density at radius 1 is 0.885 bits per heavy atom. The van der Waals surface area contributed by atoms with Crippen LogP contribution in [0.2, 0.25) is 0 Å². The summed E-state index contributed by atoms with van der Waals surface area (Å²) in [6.45, 7) is 2.11. The van der Waals surface area contributed by atoms with Gasteiger partial charge in [-0.05, 0) is 35.6 Å². The normalized spacial score (nSPS) is 25.8. The first-order chi connectivity index (χ1) is 12.0. The maximum atomic E-state index is 9.59. The van der Waals surface area contributed by atoms with Gasteiger partial charge >= 0.3 is 0 Å². The topological polar surface area (TPSA) is 20.2 Å². The van der Waals surface area contributed by atoms with Gasteiger partial charge in [0.05, 0.1) is 9.75 Å². The number of rotatable bonds is 4. The van der Waals surface area contributed by atoms with Crippen LogP contribution in [0.5, 0.6) is 0 Å². The van der Waals surface area contributed by atoms with Gasteiger partial charge in [0.15, 0.2) is 0 Å². The van der Waals surface area contributed by atoms with Gasteiger partial charge in [0.1, 0.15) is 9.52 Å². The van der Waals surface area contributed by atoms with Crippen molar-refractivity contribution in [2.45, 2.75) is 23.1 Å². The first-order valence-corrected chi connectivity index (χ1v) is 10.1. The number of allylic oxidation sites excluding steroid dienone is 2. The van der Waals surface area contributed by atoms with E-state index in [1.807, 2.05) is 24.3 Å². The molecule has 0 fully saturated rings. The van der Waals surface area contributed by atoms with E-state index in [4.69, 9.17) is 23.2 Å². The van der Waals surface area contributed by atoms with Gasteiger partial charge in [-0.2, -0.15) is 0 Å². The van der Waals surface area contributed by atoms with Gasteiger partial charge in [0, 0.05) is 32.8 Å². The molecular formula is C21H18Cl2OSiZr. The van der Waals surface area contributed by atoms with Crippen molar-refractivity contribution in [2.24, 2.45) is 0 Å². The molecule has 2 aliphatic carbocycles. The second-order valence-corrected chi connectivity index (χ2v) is 9.42. The zero-order valence-corrected chi connectivity index (χ0v) is 19.4. The van der Waals surface area contributed by atoms with E-state index in [0.29, 0.717) is 15.9 Å². The third-order valence-corrected chi connectivity index (χ3v) is 8.19. The maximum Gasteiger partial charge on any atom is 0.115 e. The molecule has 0 aromatic heterocycles. The van der Waals surface area contributed by atoms with Crippen molar-refractivity contribution in [3.05, 3.63) is 81.2 Å². The van der Waals surface area contributed by atoms with E-state index in [2.05, 4.69) is 43.3 Å². The fourth-order valence-electron chi connectivity index (χ4n) is 3.74. The van der Waals surface area contributed by atoms with Crippen LogP contribution in [0.4, 0.5) is 0 Å². The van der Waals surface area contributed by atoms with Crippen LogP contribution in [-0.4, -0.2) is 21.2 Å². The summed E-state index contributed by atoms with van der Waals surface area (Å²) in [5.41, 5.74) is 4.56. The summed E-state index contributed by atoms with van der Waals surface area (Å²) in [5.74, 6) is 0. The number of halogens is 2. The fraction of sp³-hybridized carbons (Fsp3) is 0.238. The number of aliphatic hydroxyl groups excluding tert-OH is 1. The summed E-state index contributed by atoms with van der Waals surface area (Å²) in [6.07, 6.45) is 4.87. The minimum atomic E-state index is -0.646. The number of hydrogen-bond acceptors (Lipinski definition) is 1. The Balaban J connectivity index is 0.00000196. The monoisotopic (exact) mass is 474 g/mol. The Labute approximate surface area is 186 Å². The van der Waals surface area contributed by atoms with E-state index in [0.717, 1.165) is 21.9 Å². The van der Waals surface area contributed by atoms with E-state index >= 15 is 0 Å². The van der Waals surface area contributed by atoms with Crippen molar-refractivity contribution in [1.82, 2.24) is 0 Å². The predicted octanol–water partition coefficient (Wildman–Crippen LogP) is 5.07. The zero-order chi connectivity index (χ0) is 17.7. The SMILES string of the molecule is CC1(Cl)C([Si]C2=Cc3ccccc3C2(Cl)CCO)=Cc2ccccc21.[Zr]. The number of benzene rings is 2. The molecule has 26 heavy (non-hydrogen) atoms. The molecule has 0 spiro atoms. The van der Waals surface area contributed by atoms with Gasteiger partial charge in [-0.15, -0.1) is 23.2 Å². The van der Waals surface area contributed by atoms with Crippen LogP contribution in [0.1, 0.15) is 35.6 Å². The van der Waals surface area contributed by atoms with Crippen molar-refractivity contribution >= 4 is 44.9 Å². The molecular weight excluding hydrogens is 458 g/mol. The average molecular weight is 477 g/mol. The smallest absolute Gasteiger partial charge is 0.115 e. The largest absolute Gasteiger partial charge is 0.396 e. The molecule has 2 aromatic rings. The summed E-state index contributed by atoms with van der Waals surface area (Å²) in [5, 5.41) is 11.9. The molecule has 2 unspecified atom stereocenters. The van der Waals surface area contributed by atoms with Crippen LogP contribution in [0.3, 0.4) is 0 Å². The van der Waals surface area contributed by atoms with E-state index in [9.17, 15) is 5.11 Å². The zero-order valence-electron chi connectivity index (χ0n) is 14.4. The predicted molar refractivity (Wildman–Crippen MR) is 107 cm³/mol. The molecule has 2 radical (unpaired) electrons. The molecule has 0 saturated heterocycles. The van der Waals surface area contributed by atoms with Crippen molar-refractivity contribution in [2.75, 3.05) is 6.61 Å². The van der Waals surface area contributed by atoms with E-state index in [1.165, 1.54) is 10.8 Å². The molecule has 2 atom stereocenters. The molecule has 4 rings (SSSR count). The van der Waals surface area contributed by atoms with Crippen LogP contribution in [0.15, 0.2) is 58.9 Å². The second-order valence-electron chi connectivity index (χ2n) is 6.69. The van der Waals surface area contributed by atoms with Crippen LogP contribution >= 0.6 is 23.2 Å². The first kappa shape index (κ1) is 20.3. The summed E-state index contributed by atoms with van der Waals surface area (Å²) in [7, 11) is 0.392. The van der Waals surface area contributed by atoms with E-state index < -0.39 is 9.75 Å². The molecule has 5 heteroatoms. The number of hydrogen-bond donors (Lipinski definition) is 1. The standard InChI is InChI=1S/C21H18Cl2OSi.Zr/c1-20(22)16-8-4-2-6-14(16)12-18(20)25-19-13-15-7-3-5-9-17(15)21(19,23)10-11-24;/h2-9,12-13,24H,10-11H2,1H3;. The van der Waals surface area contributed by atoms with E-state index in [-0.39, 0.29) is 32.8 Å². The molecule has 1 nitrogen and oxygen atoms in total. The Morgan fingerprint density at radius 2 is 1.42 bits per heavy atom. The van der Waals surface area contributed by atoms with Crippen LogP contribution in [-0.2, 0) is 36.0 Å². The van der Waals surface area contributed by atoms with Crippen LogP contribution in [0, 0.1) is 0 Å². The van der Waals surface area contributed by atoms with Crippen molar-refractivity contribution in [1.29, 1.82) is 0 Å². The van der Waals surface area contributed by atoms with Gasteiger partial charge < -0.3 is 5.11 Å². The van der Waals surface area contributed by atoms with Crippen molar-refractivity contribution < 1.29 is 31.3 Å². The quantitative estimate of drug-likeness (QED) is 0.483. The number of alkyl halides is 2. The molecule has 130 valence electrons. The molecule has 0 saturated carbocycles. The third-order valence-electron chi connectivity index (χ3n) is 5.11. The van der Waals surface area contributed by atoms with Gasteiger partial charge in [0.2, 0.25) is 0 Å². The van der Waals surface area contributed by atoms with Gasteiger partial charge in [-0.25, -0.2) is 0 Å². The molecule has 1 N–H and O–H groups in total. The van der Waals surface area contributed by atoms with Gasteiger partial charge in [-0.3, -0.25) is 0 Å². The summed E-state index contributed by atoms with van der Waals surface area (Å²) < 4.78 is 0. The summed E-state index contributed by atoms with van der Waals surface area (Å²) >= 11 is 14.0. The van der Waals surface area contributed by atoms with Crippen LogP contribution in [0.25, 0.3) is 12.2 Å². The van der Waals surface area contributed by atoms with Gasteiger partial charge in [0.25, 0.3) is 0 Å². The Hall–Kier alpha value is -0.440. The number of aliphatic hydroxyl groups is 1. The fourth-order valence-corrected chi connectivity index (χ4v) is 6.14. The Morgan fingerprint density at radius 3 is 2.04 bits per heavy atom. The Bertz CT molecular complexity index is 906. The number of fused-ring (bicyclic) bond motifs is 2.